The number of aromatic amines is 1. The Morgan fingerprint density at radius 2 is 2.04 bits per heavy atom. The van der Waals surface area contributed by atoms with Gasteiger partial charge in [0.15, 0.2) is 9.84 Å². The van der Waals surface area contributed by atoms with Crippen LogP contribution >= 0.6 is 0 Å². The summed E-state index contributed by atoms with van der Waals surface area (Å²) < 4.78 is 25.4. The highest BCUT2D eigenvalue weighted by Crippen LogP contribution is 2.27. The predicted octanol–water partition coefficient (Wildman–Crippen LogP) is -1.33. The van der Waals surface area contributed by atoms with E-state index >= 15 is 0 Å². The Hall–Kier alpha value is -2.27. The third-order valence-electron chi connectivity index (χ3n) is 5.17. The number of nitrogens with one attached hydrogen (secondary N) is 1. The van der Waals surface area contributed by atoms with Crippen LogP contribution in [-0.2, 0) is 9.84 Å². The molecule has 0 unspecified atom stereocenters. The SMILES string of the molecule is CCN1CCN(C(=O)c2cnc3nc(C)[nH]n3c2=O)[C@H]2CS(=O)(=O)C[C@H]21. The monoisotopic (exact) mass is 380 g/mol. The summed E-state index contributed by atoms with van der Waals surface area (Å²) in [6.45, 7) is 5.35. The minimum Gasteiger partial charge on any atom is -0.332 e. The standard InChI is InChI=1S/C15H20N6O4S/c1-3-19-4-5-20(12-8-26(24,25)7-11(12)19)13(22)10-6-16-15-17-9(2)18-21(15)14(10)23/h6,11-12H,3-5,7-8H2,1-2H3,(H,16,17,18)/t11-,12+/m1/s1. The maximum absolute atomic E-state index is 13.0. The molecule has 2 aliphatic rings. The molecule has 1 N–H and O–H groups in total. The predicted molar refractivity (Wildman–Crippen MR) is 92.9 cm³/mol. The zero-order valence-electron chi connectivity index (χ0n) is 14.5. The van der Waals surface area contributed by atoms with Gasteiger partial charge in [-0.05, 0) is 13.5 Å². The summed E-state index contributed by atoms with van der Waals surface area (Å²) in [7, 11) is -3.21. The Labute approximate surface area is 149 Å². The van der Waals surface area contributed by atoms with E-state index in [1.54, 1.807) is 6.92 Å². The molecule has 2 atom stereocenters. The van der Waals surface area contributed by atoms with Gasteiger partial charge in [-0.3, -0.25) is 19.6 Å². The molecule has 0 radical (unpaired) electrons. The summed E-state index contributed by atoms with van der Waals surface area (Å²) in [5, 5.41) is 2.76. The van der Waals surface area contributed by atoms with Crippen LogP contribution in [0.2, 0.25) is 0 Å². The molecule has 11 heteroatoms. The quantitative estimate of drug-likeness (QED) is 0.685. The number of piperazine rings is 1. The van der Waals surface area contributed by atoms with Gasteiger partial charge in [-0.15, -0.1) is 0 Å². The average Bonchev–Trinajstić information content (AvgIpc) is 3.12. The van der Waals surface area contributed by atoms with Crippen LogP contribution in [0.15, 0.2) is 11.0 Å². The number of sulfone groups is 1. The molecule has 2 fully saturated rings. The average molecular weight is 380 g/mol. The van der Waals surface area contributed by atoms with Crippen LogP contribution in [-0.4, -0.2) is 86.9 Å². The fourth-order valence-corrected chi connectivity index (χ4v) is 5.95. The van der Waals surface area contributed by atoms with E-state index in [1.165, 1.54) is 11.1 Å². The fraction of sp³-hybridized carbons (Fsp3) is 0.600. The molecule has 0 saturated carbocycles. The van der Waals surface area contributed by atoms with Gasteiger partial charge in [0, 0.05) is 25.3 Å². The maximum Gasteiger partial charge on any atom is 0.286 e. The highest BCUT2D eigenvalue weighted by atomic mass is 32.2. The largest absolute Gasteiger partial charge is 0.332 e. The highest BCUT2D eigenvalue weighted by molar-refractivity contribution is 7.91. The number of likely N-dealkylation sites (N-methyl/N-ethyl adjacent to an activating group) is 1. The van der Waals surface area contributed by atoms with Gasteiger partial charge in [0.2, 0.25) is 0 Å². The summed E-state index contributed by atoms with van der Waals surface area (Å²) in [6.07, 6.45) is 1.23. The molecule has 2 aliphatic heterocycles. The molecule has 0 bridgehead atoms. The first-order valence-corrected chi connectivity index (χ1v) is 10.3. The van der Waals surface area contributed by atoms with E-state index in [0.717, 1.165) is 11.1 Å². The van der Waals surface area contributed by atoms with Gasteiger partial charge in [-0.25, -0.2) is 13.4 Å². The first kappa shape index (κ1) is 17.2. The summed E-state index contributed by atoms with van der Waals surface area (Å²) >= 11 is 0. The van der Waals surface area contributed by atoms with Crippen molar-refractivity contribution in [2.75, 3.05) is 31.1 Å². The van der Waals surface area contributed by atoms with Gasteiger partial charge in [-0.2, -0.15) is 9.50 Å². The van der Waals surface area contributed by atoms with Crippen LogP contribution in [0.5, 0.6) is 0 Å². The third kappa shape index (κ3) is 2.62. The van der Waals surface area contributed by atoms with E-state index in [0.29, 0.717) is 18.9 Å². The minimum absolute atomic E-state index is 0.0469. The number of hydrogen-bond acceptors (Lipinski definition) is 7. The van der Waals surface area contributed by atoms with Gasteiger partial charge in [0.1, 0.15) is 11.4 Å². The summed E-state index contributed by atoms with van der Waals surface area (Å²) in [6, 6.07) is -0.665. The van der Waals surface area contributed by atoms with Crippen molar-refractivity contribution in [1.82, 2.24) is 29.4 Å². The Kier molecular flexibility index (Phi) is 3.88. The number of carbonyl (C=O) groups excluding carboxylic acids is 1. The van der Waals surface area contributed by atoms with Crippen molar-refractivity contribution < 1.29 is 13.2 Å². The second-order valence-corrected chi connectivity index (χ2v) is 8.91. The molecule has 0 spiro atoms. The molecule has 26 heavy (non-hydrogen) atoms. The Morgan fingerprint density at radius 3 is 2.77 bits per heavy atom. The zero-order valence-corrected chi connectivity index (χ0v) is 15.4. The molecule has 1 amide bonds. The molecule has 2 saturated heterocycles. The molecular weight excluding hydrogens is 360 g/mol. The first-order chi connectivity index (χ1) is 12.3. The van der Waals surface area contributed by atoms with Crippen molar-refractivity contribution in [3.63, 3.8) is 0 Å². The van der Waals surface area contributed by atoms with Gasteiger partial charge in [-0.1, -0.05) is 6.92 Å². The van der Waals surface area contributed by atoms with Crippen molar-refractivity contribution in [2.45, 2.75) is 25.9 Å². The van der Waals surface area contributed by atoms with E-state index in [-0.39, 0.29) is 28.9 Å². The molecule has 140 valence electrons. The zero-order chi connectivity index (χ0) is 18.6. The van der Waals surface area contributed by atoms with E-state index in [4.69, 9.17) is 0 Å². The van der Waals surface area contributed by atoms with Crippen LogP contribution in [0.3, 0.4) is 0 Å². The van der Waals surface area contributed by atoms with Gasteiger partial charge >= 0.3 is 0 Å². The molecule has 4 rings (SSSR count). The van der Waals surface area contributed by atoms with Crippen LogP contribution in [0.25, 0.3) is 5.78 Å². The summed E-state index contributed by atoms with van der Waals surface area (Å²) in [4.78, 5) is 37.4. The fourth-order valence-electron chi connectivity index (χ4n) is 3.93. The van der Waals surface area contributed by atoms with Crippen LogP contribution in [0, 0.1) is 6.92 Å². The van der Waals surface area contributed by atoms with Gasteiger partial charge in [0.25, 0.3) is 17.2 Å². The second kappa shape index (κ2) is 5.88. The number of hydrogen-bond donors (Lipinski definition) is 1. The molecule has 2 aromatic heterocycles. The normalized spacial score (nSPS) is 25.5. The van der Waals surface area contributed by atoms with Gasteiger partial charge < -0.3 is 4.90 Å². The Balaban J connectivity index is 1.72. The van der Waals surface area contributed by atoms with E-state index in [2.05, 4.69) is 20.0 Å². The van der Waals surface area contributed by atoms with Gasteiger partial charge in [0.05, 0.1) is 17.5 Å². The van der Waals surface area contributed by atoms with Crippen molar-refractivity contribution >= 4 is 21.5 Å². The third-order valence-corrected chi connectivity index (χ3v) is 6.87. The summed E-state index contributed by atoms with van der Waals surface area (Å²) in [5.74, 6) is 0.205. The van der Waals surface area contributed by atoms with Crippen molar-refractivity contribution in [1.29, 1.82) is 0 Å². The van der Waals surface area contributed by atoms with Crippen LogP contribution in [0.1, 0.15) is 23.1 Å². The minimum atomic E-state index is -3.21. The van der Waals surface area contributed by atoms with E-state index in [1.807, 2.05) is 6.92 Å². The number of amides is 1. The van der Waals surface area contributed by atoms with Crippen molar-refractivity contribution in [2.24, 2.45) is 0 Å². The Bertz CT molecular complexity index is 1040. The van der Waals surface area contributed by atoms with Crippen LogP contribution in [0.4, 0.5) is 0 Å². The number of nitrogens with zero attached hydrogens (tertiary/aromatic N) is 5. The number of fused-ring (bicyclic) bond motifs is 2. The number of aromatic nitrogens is 4. The van der Waals surface area contributed by atoms with E-state index < -0.39 is 27.3 Å². The lowest BCUT2D eigenvalue weighted by Gasteiger charge is -2.43. The molecule has 0 aromatic carbocycles. The smallest absolute Gasteiger partial charge is 0.286 e. The lowest BCUT2D eigenvalue weighted by molar-refractivity contribution is 0.0347. The molecule has 2 aromatic rings. The number of carbonyl (C=O) groups is 1. The first-order valence-electron chi connectivity index (χ1n) is 8.50. The topological polar surface area (TPSA) is 121 Å². The summed E-state index contributed by atoms with van der Waals surface area (Å²) in [5.41, 5.74) is -0.616. The van der Waals surface area contributed by atoms with Crippen LogP contribution < -0.4 is 5.56 Å². The highest BCUT2D eigenvalue weighted by Gasteiger charge is 2.48. The molecule has 0 aliphatic carbocycles. The Morgan fingerprint density at radius 1 is 1.31 bits per heavy atom. The number of aryl methyl sites for hydroxylation is 1. The lowest BCUT2D eigenvalue weighted by Crippen LogP contribution is -2.60. The number of rotatable bonds is 2. The second-order valence-electron chi connectivity index (χ2n) is 6.76. The molecule has 4 heterocycles. The van der Waals surface area contributed by atoms with E-state index in [9.17, 15) is 18.0 Å². The number of H-pyrrole nitrogens is 1. The molecule has 10 nitrogen and oxygen atoms in total. The molecular formula is C15H20N6O4S. The maximum atomic E-state index is 13.0. The van der Waals surface area contributed by atoms with Crippen molar-refractivity contribution in [3.05, 3.63) is 27.9 Å². The lowest BCUT2D eigenvalue weighted by atomic mass is 10.0. The van der Waals surface area contributed by atoms with Crippen molar-refractivity contribution in [3.8, 4) is 0 Å².